The third-order valence-electron chi connectivity index (χ3n) is 3.24. The Morgan fingerprint density at radius 1 is 1.42 bits per heavy atom. The summed E-state index contributed by atoms with van der Waals surface area (Å²) in [5.74, 6) is 0.773. The maximum atomic E-state index is 9.23. The van der Waals surface area contributed by atoms with E-state index in [1.807, 2.05) is 25.1 Å². The molecule has 2 atom stereocenters. The molecule has 19 heavy (non-hydrogen) atoms. The van der Waals surface area contributed by atoms with E-state index in [9.17, 15) is 5.11 Å². The lowest BCUT2D eigenvalue weighted by molar-refractivity contribution is -0.0972. The number of rotatable bonds is 4. The first kappa shape index (κ1) is 14.1. The molecule has 0 aromatic heterocycles. The van der Waals surface area contributed by atoms with Crippen LogP contribution in [0.5, 0.6) is 5.75 Å². The molecule has 0 spiro atoms. The zero-order valence-electron chi connectivity index (χ0n) is 11.5. The minimum atomic E-state index is -0.105. The molecule has 0 aliphatic carbocycles. The van der Waals surface area contributed by atoms with Crippen molar-refractivity contribution in [2.45, 2.75) is 25.7 Å². The summed E-state index contributed by atoms with van der Waals surface area (Å²) in [6.07, 6.45) is 0.0283. The Morgan fingerprint density at radius 2 is 2.21 bits per heavy atom. The minimum Gasteiger partial charge on any atom is -0.497 e. The largest absolute Gasteiger partial charge is 0.497 e. The van der Waals surface area contributed by atoms with Crippen molar-refractivity contribution in [2.24, 2.45) is 0 Å². The van der Waals surface area contributed by atoms with Crippen LogP contribution < -0.4 is 10.5 Å². The number of methoxy groups -OCH3 is 1. The highest BCUT2D eigenvalue weighted by molar-refractivity contribution is 5.47. The first-order chi connectivity index (χ1) is 9.10. The van der Waals surface area contributed by atoms with Crippen LogP contribution in [-0.2, 0) is 11.3 Å². The number of aliphatic hydroxyl groups is 1. The molecule has 1 saturated heterocycles. The van der Waals surface area contributed by atoms with Gasteiger partial charge in [0.2, 0.25) is 0 Å². The van der Waals surface area contributed by atoms with E-state index >= 15 is 0 Å². The van der Waals surface area contributed by atoms with Gasteiger partial charge >= 0.3 is 0 Å². The predicted molar refractivity (Wildman–Crippen MR) is 74.1 cm³/mol. The smallest absolute Gasteiger partial charge is 0.121 e. The Morgan fingerprint density at radius 3 is 2.89 bits per heavy atom. The molecular weight excluding hydrogens is 244 g/mol. The van der Waals surface area contributed by atoms with Gasteiger partial charge in [-0.15, -0.1) is 0 Å². The summed E-state index contributed by atoms with van der Waals surface area (Å²) < 4.78 is 10.9. The Bertz CT molecular complexity index is 425. The molecule has 1 aromatic carbocycles. The standard InChI is InChI=1S/C14H22N2O3/c1-10-6-16(8-14(9-17)19-10)7-11-3-12(15)5-13(4-11)18-2/h3-5,10,14,17H,6-9,15H2,1-2H3. The molecule has 1 aliphatic heterocycles. The van der Waals surface area contributed by atoms with E-state index in [4.69, 9.17) is 15.2 Å². The molecule has 5 nitrogen and oxygen atoms in total. The average Bonchev–Trinajstić information content (AvgIpc) is 2.37. The maximum Gasteiger partial charge on any atom is 0.121 e. The number of ether oxygens (including phenoxy) is 2. The Labute approximate surface area is 113 Å². The van der Waals surface area contributed by atoms with Gasteiger partial charge < -0.3 is 20.3 Å². The average molecular weight is 266 g/mol. The maximum absolute atomic E-state index is 9.23. The van der Waals surface area contributed by atoms with E-state index in [0.29, 0.717) is 5.69 Å². The van der Waals surface area contributed by atoms with Crippen molar-refractivity contribution in [3.8, 4) is 5.75 Å². The molecule has 0 amide bonds. The summed E-state index contributed by atoms with van der Waals surface area (Å²) >= 11 is 0. The van der Waals surface area contributed by atoms with Crippen LogP contribution >= 0.6 is 0 Å². The minimum absolute atomic E-state index is 0.0566. The number of nitrogens with two attached hydrogens (primary N) is 1. The van der Waals surface area contributed by atoms with Gasteiger partial charge in [0, 0.05) is 31.4 Å². The van der Waals surface area contributed by atoms with Gasteiger partial charge in [-0.2, -0.15) is 0 Å². The van der Waals surface area contributed by atoms with Gasteiger partial charge in [-0.1, -0.05) is 0 Å². The van der Waals surface area contributed by atoms with Crippen molar-refractivity contribution in [2.75, 3.05) is 32.5 Å². The zero-order chi connectivity index (χ0) is 13.8. The highest BCUT2D eigenvalue weighted by atomic mass is 16.5. The first-order valence-corrected chi connectivity index (χ1v) is 6.53. The second-order valence-electron chi connectivity index (χ2n) is 5.06. The molecule has 3 N–H and O–H groups in total. The first-order valence-electron chi connectivity index (χ1n) is 6.53. The highest BCUT2D eigenvalue weighted by Crippen LogP contribution is 2.21. The molecule has 0 radical (unpaired) electrons. The number of nitrogens with zero attached hydrogens (tertiary/aromatic N) is 1. The summed E-state index contributed by atoms with van der Waals surface area (Å²) in [5, 5.41) is 9.23. The second-order valence-corrected chi connectivity index (χ2v) is 5.06. The number of aliphatic hydroxyl groups excluding tert-OH is 1. The number of hydrogen-bond acceptors (Lipinski definition) is 5. The summed E-state index contributed by atoms with van der Waals surface area (Å²) in [7, 11) is 1.64. The fourth-order valence-corrected chi connectivity index (χ4v) is 2.52. The number of hydrogen-bond donors (Lipinski definition) is 2. The van der Waals surface area contributed by atoms with Gasteiger partial charge in [-0.25, -0.2) is 0 Å². The number of nitrogen functional groups attached to an aromatic ring is 1. The number of benzene rings is 1. The number of anilines is 1. The second kappa shape index (κ2) is 6.23. The third kappa shape index (κ3) is 3.83. The lowest BCUT2D eigenvalue weighted by Crippen LogP contribution is -2.47. The Hall–Kier alpha value is -1.30. The van der Waals surface area contributed by atoms with Crippen LogP contribution in [-0.4, -0.2) is 49.0 Å². The van der Waals surface area contributed by atoms with Gasteiger partial charge in [0.1, 0.15) is 5.75 Å². The van der Waals surface area contributed by atoms with Crippen LogP contribution in [0.25, 0.3) is 0 Å². The van der Waals surface area contributed by atoms with E-state index in [0.717, 1.165) is 30.9 Å². The molecule has 1 heterocycles. The molecule has 0 bridgehead atoms. The van der Waals surface area contributed by atoms with E-state index < -0.39 is 0 Å². The summed E-state index contributed by atoms with van der Waals surface area (Å²) in [5.41, 5.74) is 7.67. The van der Waals surface area contributed by atoms with E-state index in [1.54, 1.807) is 7.11 Å². The van der Waals surface area contributed by atoms with Crippen LogP contribution in [0.1, 0.15) is 12.5 Å². The monoisotopic (exact) mass is 266 g/mol. The quantitative estimate of drug-likeness (QED) is 0.791. The Kier molecular flexibility index (Phi) is 4.63. The van der Waals surface area contributed by atoms with Crippen LogP contribution in [0, 0.1) is 0 Å². The van der Waals surface area contributed by atoms with Crippen molar-refractivity contribution < 1.29 is 14.6 Å². The van der Waals surface area contributed by atoms with Crippen LogP contribution in [0.4, 0.5) is 5.69 Å². The molecular formula is C14H22N2O3. The molecule has 5 heteroatoms. The van der Waals surface area contributed by atoms with Crippen molar-refractivity contribution in [1.29, 1.82) is 0 Å². The SMILES string of the molecule is COc1cc(N)cc(CN2CC(C)OC(CO)C2)c1. The van der Waals surface area contributed by atoms with Gasteiger partial charge in [-0.3, -0.25) is 4.90 Å². The molecule has 0 saturated carbocycles. The van der Waals surface area contributed by atoms with Crippen molar-refractivity contribution >= 4 is 5.69 Å². The van der Waals surface area contributed by atoms with Crippen LogP contribution in [0.3, 0.4) is 0 Å². The van der Waals surface area contributed by atoms with Crippen molar-refractivity contribution in [3.05, 3.63) is 23.8 Å². The number of morpholine rings is 1. The topological polar surface area (TPSA) is 68.0 Å². The van der Waals surface area contributed by atoms with Gasteiger partial charge in [0.25, 0.3) is 0 Å². The van der Waals surface area contributed by atoms with E-state index in [-0.39, 0.29) is 18.8 Å². The highest BCUT2D eigenvalue weighted by Gasteiger charge is 2.24. The summed E-state index contributed by atoms with van der Waals surface area (Å²) in [4.78, 5) is 2.27. The molecule has 2 unspecified atom stereocenters. The van der Waals surface area contributed by atoms with Gasteiger partial charge in [0.15, 0.2) is 0 Å². The van der Waals surface area contributed by atoms with Crippen LogP contribution in [0.15, 0.2) is 18.2 Å². The summed E-state index contributed by atoms with van der Waals surface area (Å²) in [6, 6.07) is 5.75. The van der Waals surface area contributed by atoms with Crippen LogP contribution in [0.2, 0.25) is 0 Å². The predicted octanol–water partition coefficient (Wildman–Crippen LogP) is 0.859. The Balaban J connectivity index is 2.05. The fourth-order valence-electron chi connectivity index (χ4n) is 2.52. The molecule has 1 fully saturated rings. The molecule has 1 aromatic rings. The third-order valence-corrected chi connectivity index (χ3v) is 3.24. The fraction of sp³-hybridized carbons (Fsp3) is 0.571. The van der Waals surface area contributed by atoms with E-state index in [2.05, 4.69) is 4.90 Å². The van der Waals surface area contributed by atoms with Crippen molar-refractivity contribution in [3.63, 3.8) is 0 Å². The summed E-state index contributed by atoms with van der Waals surface area (Å²) in [6.45, 7) is 4.45. The van der Waals surface area contributed by atoms with E-state index in [1.165, 1.54) is 0 Å². The van der Waals surface area contributed by atoms with Gasteiger partial charge in [0.05, 0.1) is 25.9 Å². The lowest BCUT2D eigenvalue weighted by atomic mass is 10.1. The van der Waals surface area contributed by atoms with Gasteiger partial charge in [-0.05, 0) is 24.6 Å². The normalized spacial score (nSPS) is 24.4. The van der Waals surface area contributed by atoms with Crippen molar-refractivity contribution in [1.82, 2.24) is 4.90 Å². The molecule has 106 valence electrons. The lowest BCUT2D eigenvalue weighted by Gasteiger charge is -2.36. The molecule has 2 rings (SSSR count). The zero-order valence-corrected chi connectivity index (χ0v) is 11.5. The molecule has 1 aliphatic rings.